The number of fused-ring (bicyclic) bond motifs is 2. The van der Waals surface area contributed by atoms with Crippen molar-refractivity contribution >= 4 is 10.9 Å². The molecule has 0 amide bonds. The van der Waals surface area contributed by atoms with E-state index < -0.39 is 0 Å². The van der Waals surface area contributed by atoms with Crippen molar-refractivity contribution in [3.05, 3.63) is 58.9 Å². The summed E-state index contributed by atoms with van der Waals surface area (Å²) in [5, 5.41) is 1.32. The quantitative estimate of drug-likeness (QED) is 0.612. The Hall–Kier alpha value is -2.22. The van der Waals surface area contributed by atoms with Crippen molar-refractivity contribution in [3.8, 4) is 11.3 Å². The van der Waals surface area contributed by atoms with Gasteiger partial charge in [0.15, 0.2) is 5.52 Å². The number of hydrogen-bond donors (Lipinski definition) is 0. The van der Waals surface area contributed by atoms with Crippen LogP contribution >= 0.6 is 0 Å². The molecule has 0 atom stereocenters. The molecule has 0 bridgehead atoms. The Labute approximate surface area is 150 Å². The third-order valence-corrected chi connectivity index (χ3v) is 5.64. The maximum atomic E-state index is 4.78. The predicted octanol–water partition coefficient (Wildman–Crippen LogP) is 4.87. The van der Waals surface area contributed by atoms with Crippen molar-refractivity contribution in [1.29, 1.82) is 0 Å². The molecule has 128 valence electrons. The molecule has 1 aliphatic carbocycles. The molecule has 0 saturated carbocycles. The van der Waals surface area contributed by atoms with E-state index in [0.29, 0.717) is 5.92 Å². The first-order chi connectivity index (χ1) is 11.8. The molecule has 0 aliphatic heterocycles. The van der Waals surface area contributed by atoms with E-state index in [0.717, 1.165) is 11.9 Å². The van der Waals surface area contributed by atoms with Crippen LogP contribution in [0.15, 0.2) is 36.7 Å². The monoisotopic (exact) mass is 331 g/mol. The Morgan fingerprint density at radius 1 is 1.12 bits per heavy atom. The Kier molecular flexibility index (Phi) is 3.50. The number of hydrogen-bond acceptors (Lipinski definition) is 1. The highest BCUT2D eigenvalue weighted by Crippen LogP contribution is 2.48. The van der Waals surface area contributed by atoms with E-state index in [-0.39, 0.29) is 5.41 Å². The van der Waals surface area contributed by atoms with Gasteiger partial charge in [0.25, 0.3) is 6.33 Å². The molecule has 0 radical (unpaired) electrons. The van der Waals surface area contributed by atoms with Crippen molar-refractivity contribution < 1.29 is 4.57 Å². The number of nitrogens with zero attached hydrogens (tertiary/aromatic N) is 2. The fraction of sp³-hybridized carbons (Fsp3) is 0.391. The van der Waals surface area contributed by atoms with E-state index >= 15 is 0 Å². The van der Waals surface area contributed by atoms with E-state index in [1.807, 2.05) is 6.33 Å². The van der Waals surface area contributed by atoms with Gasteiger partial charge in [-0.1, -0.05) is 52.0 Å². The van der Waals surface area contributed by atoms with Crippen molar-refractivity contribution in [2.45, 2.75) is 46.5 Å². The van der Waals surface area contributed by atoms with E-state index in [1.54, 1.807) is 0 Å². The molecule has 2 aromatic carbocycles. The van der Waals surface area contributed by atoms with E-state index in [1.165, 1.54) is 38.9 Å². The molecule has 3 aromatic rings. The van der Waals surface area contributed by atoms with Crippen LogP contribution in [-0.2, 0) is 18.9 Å². The maximum absolute atomic E-state index is 4.78. The van der Waals surface area contributed by atoms with Gasteiger partial charge < -0.3 is 0 Å². The molecule has 1 aliphatic rings. The fourth-order valence-corrected chi connectivity index (χ4v) is 4.45. The summed E-state index contributed by atoms with van der Waals surface area (Å²) in [6.45, 7) is 11.5. The van der Waals surface area contributed by atoms with Crippen LogP contribution in [0.1, 0.15) is 49.9 Å². The summed E-state index contributed by atoms with van der Waals surface area (Å²) in [7, 11) is 2.11. The Morgan fingerprint density at radius 2 is 1.88 bits per heavy atom. The summed E-state index contributed by atoms with van der Waals surface area (Å²) in [6.07, 6.45) is 3.06. The molecule has 0 fully saturated rings. The van der Waals surface area contributed by atoms with Crippen molar-refractivity contribution in [2.24, 2.45) is 13.0 Å². The third kappa shape index (κ3) is 2.31. The molecule has 2 nitrogen and oxygen atoms in total. The van der Waals surface area contributed by atoms with E-state index in [9.17, 15) is 0 Å². The molecule has 1 heterocycles. The smallest absolute Gasteiger partial charge is 0.232 e. The van der Waals surface area contributed by atoms with Crippen molar-refractivity contribution in [2.75, 3.05) is 0 Å². The minimum atomic E-state index is -0.0182. The van der Waals surface area contributed by atoms with Gasteiger partial charge in [-0.2, -0.15) is 0 Å². The molecular formula is C23H27N2+. The molecule has 0 saturated heterocycles. The van der Waals surface area contributed by atoms with Crippen molar-refractivity contribution in [1.82, 2.24) is 4.98 Å². The molecular weight excluding hydrogens is 304 g/mol. The predicted molar refractivity (Wildman–Crippen MR) is 104 cm³/mol. The number of rotatable bonds is 2. The molecule has 4 rings (SSSR count). The lowest BCUT2D eigenvalue weighted by Crippen LogP contribution is -2.36. The molecule has 0 spiro atoms. The van der Waals surface area contributed by atoms with Crippen LogP contribution in [0.3, 0.4) is 0 Å². The largest absolute Gasteiger partial charge is 0.287 e. The maximum Gasteiger partial charge on any atom is 0.287 e. The van der Waals surface area contributed by atoms with Gasteiger partial charge in [-0.3, -0.25) is 0 Å². The molecule has 2 heteroatoms. The normalized spacial score (nSPS) is 14.8. The molecule has 25 heavy (non-hydrogen) atoms. The lowest BCUT2D eigenvalue weighted by molar-refractivity contribution is -0.662. The first kappa shape index (κ1) is 16.3. The highest BCUT2D eigenvalue weighted by molar-refractivity contribution is 5.99. The summed E-state index contributed by atoms with van der Waals surface area (Å²) in [5.74, 6) is 0.644. The second kappa shape index (κ2) is 5.39. The molecule has 0 N–H and O–H groups in total. The summed E-state index contributed by atoms with van der Waals surface area (Å²) >= 11 is 0. The van der Waals surface area contributed by atoms with Crippen LogP contribution in [0.25, 0.3) is 22.2 Å². The minimum Gasteiger partial charge on any atom is -0.232 e. The zero-order chi connectivity index (χ0) is 17.9. The summed E-state index contributed by atoms with van der Waals surface area (Å²) < 4.78 is 2.19. The zero-order valence-corrected chi connectivity index (χ0v) is 16.1. The van der Waals surface area contributed by atoms with Crippen molar-refractivity contribution in [3.63, 3.8) is 0 Å². The fourth-order valence-electron chi connectivity index (χ4n) is 4.45. The van der Waals surface area contributed by atoms with Gasteiger partial charge >= 0.3 is 0 Å². The average molecular weight is 331 g/mol. The first-order valence-electron chi connectivity index (χ1n) is 9.23. The Morgan fingerprint density at radius 3 is 2.60 bits per heavy atom. The number of aromatic nitrogens is 2. The van der Waals surface area contributed by atoms with Gasteiger partial charge in [0, 0.05) is 11.0 Å². The average Bonchev–Trinajstić information content (AvgIpc) is 2.53. The van der Waals surface area contributed by atoms with Gasteiger partial charge in [0.2, 0.25) is 0 Å². The third-order valence-electron chi connectivity index (χ3n) is 5.64. The van der Waals surface area contributed by atoms with Gasteiger partial charge in [-0.15, -0.1) is 0 Å². The lowest BCUT2D eigenvalue weighted by Gasteiger charge is -2.34. The Balaban J connectivity index is 2.17. The van der Waals surface area contributed by atoms with Gasteiger partial charge in [-0.05, 0) is 52.6 Å². The van der Waals surface area contributed by atoms with E-state index in [2.05, 4.69) is 76.6 Å². The second-order valence-electron chi connectivity index (χ2n) is 8.46. The van der Waals surface area contributed by atoms with Gasteiger partial charge in [0.05, 0.1) is 12.4 Å². The van der Waals surface area contributed by atoms with Crippen LogP contribution in [-0.4, -0.2) is 4.98 Å². The first-order valence-corrected chi connectivity index (χ1v) is 9.23. The SMILES string of the molecule is Cc1cccc2c1-c1c3c(cc(CC(C)C)cc3nc[n+]1C)C2(C)C. The highest BCUT2D eigenvalue weighted by atomic mass is 15.0. The summed E-state index contributed by atoms with van der Waals surface area (Å²) in [6, 6.07) is 11.4. The summed E-state index contributed by atoms with van der Waals surface area (Å²) in [4.78, 5) is 4.78. The Bertz CT molecular complexity index is 997. The van der Waals surface area contributed by atoms with Crippen LogP contribution in [0.5, 0.6) is 0 Å². The van der Waals surface area contributed by atoms with Crippen LogP contribution in [0.4, 0.5) is 0 Å². The van der Waals surface area contributed by atoms with Crippen LogP contribution in [0.2, 0.25) is 0 Å². The standard InChI is InChI=1S/C23H27N2/c1-14(2)10-16-11-18-21-19(12-16)24-13-25(6)22(21)20-15(3)8-7-9-17(20)23(18,4)5/h7-9,11-14H,10H2,1-6H3/q+1. The lowest BCUT2D eigenvalue weighted by atomic mass is 9.68. The summed E-state index contributed by atoms with van der Waals surface area (Å²) in [5.41, 5.74) is 9.37. The highest BCUT2D eigenvalue weighted by Gasteiger charge is 2.38. The van der Waals surface area contributed by atoms with Gasteiger partial charge in [0.1, 0.15) is 5.69 Å². The van der Waals surface area contributed by atoms with Gasteiger partial charge in [-0.25, -0.2) is 4.57 Å². The van der Waals surface area contributed by atoms with Crippen LogP contribution < -0.4 is 4.57 Å². The number of benzene rings is 2. The number of aryl methyl sites for hydroxylation is 2. The zero-order valence-electron chi connectivity index (χ0n) is 16.1. The molecule has 0 unspecified atom stereocenters. The second-order valence-corrected chi connectivity index (χ2v) is 8.46. The molecule has 1 aromatic heterocycles. The van der Waals surface area contributed by atoms with Crippen LogP contribution in [0, 0.1) is 12.8 Å². The van der Waals surface area contributed by atoms with E-state index in [4.69, 9.17) is 4.98 Å². The topological polar surface area (TPSA) is 16.8 Å². The minimum absolute atomic E-state index is 0.0182.